The summed E-state index contributed by atoms with van der Waals surface area (Å²) in [4.78, 5) is 22.2. The summed E-state index contributed by atoms with van der Waals surface area (Å²) in [7, 11) is 0. The Bertz CT molecular complexity index is 222. The van der Waals surface area contributed by atoms with Crippen LogP contribution in [0.4, 0.5) is 4.79 Å². The van der Waals surface area contributed by atoms with Crippen LogP contribution >= 0.6 is 0 Å². The number of hydrogen-bond acceptors (Lipinski definition) is 2. The molecule has 1 fully saturated rings. The molecule has 0 radical (unpaired) electrons. The fourth-order valence-electron chi connectivity index (χ4n) is 1.60. The van der Waals surface area contributed by atoms with Crippen LogP contribution in [-0.2, 0) is 4.79 Å². The number of Topliss-reactive ketones (excluding diaryl/α,β-unsaturated/α-hetero) is 1. The van der Waals surface area contributed by atoms with Gasteiger partial charge in [-0.05, 0) is 26.7 Å². The number of nitrogens with one attached hydrogen (secondary N) is 2. The van der Waals surface area contributed by atoms with Gasteiger partial charge >= 0.3 is 6.03 Å². The van der Waals surface area contributed by atoms with Gasteiger partial charge in [-0.15, -0.1) is 0 Å². The Labute approximate surface area is 84.4 Å². The van der Waals surface area contributed by atoms with Crippen LogP contribution in [0.25, 0.3) is 0 Å². The summed E-state index contributed by atoms with van der Waals surface area (Å²) in [6, 6.07) is -0.315. The monoisotopic (exact) mass is 198 g/mol. The largest absolute Gasteiger partial charge is 0.335 e. The molecule has 1 saturated carbocycles. The fourth-order valence-corrected chi connectivity index (χ4v) is 1.60. The van der Waals surface area contributed by atoms with Crippen LogP contribution in [0.1, 0.15) is 39.5 Å². The average Bonchev–Trinajstić information content (AvgIpc) is 2.56. The number of rotatable bonds is 3. The molecule has 1 aliphatic rings. The molecule has 14 heavy (non-hydrogen) atoms. The highest BCUT2D eigenvalue weighted by molar-refractivity contribution is 5.86. The molecule has 0 bridgehead atoms. The van der Waals surface area contributed by atoms with Crippen molar-refractivity contribution in [1.29, 1.82) is 0 Å². The van der Waals surface area contributed by atoms with Crippen LogP contribution in [0.2, 0.25) is 0 Å². The first-order chi connectivity index (χ1) is 6.59. The number of amides is 2. The molecule has 1 rings (SSSR count). The van der Waals surface area contributed by atoms with Gasteiger partial charge < -0.3 is 10.6 Å². The lowest BCUT2D eigenvalue weighted by Gasteiger charge is -2.15. The lowest BCUT2D eigenvalue weighted by Crippen LogP contribution is -2.46. The zero-order valence-corrected chi connectivity index (χ0v) is 8.80. The third-order valence-corrected chi connectivity index (χ3v) is 2.65. The maximum atomic E-state index is 11.3. The van der Waals surface area contributed by atoms with E-state index in [1.54, 1.807) is 6.92 Å². The van der Waals surface area contributed by atoms with Gasteiger partial charge in [0.1, 0.15) is 0 Å². The maximum Gasteiger partial charge on any atom is 0.315 e. The van der Waals surface area contributed by atoms with E-state index in [-0.39, 0.29) is 11.8 Å². The highest BCUT2D eigenvalue weighted by Crippen LogP contribution is 2.17. The normalized spacial score (nSPS) is 19.0. The molecule has 1 atom stereocenters. The van der Waals surface area contributed by atoms with E-state index in [0.717, 1.165) is 12.8 Å². The second-order valence-corrected chi connectivity index (χ2v) is 3.93. The number of carbonyl (C=O) groups excluding carboxylic acids is 2. The van der Waals surface area contributed by atoms with Crippen molar-refractivity contribution in [2.24, 2.45) is 0 Å². The van der Waals surface area contributed by atoms with Gasteiger partial charge in [0, 0.05) is 6.04 Å². The van der Waals surface area contributed by atoms with Crippen molar-refractivity contribution in [3.8, 4) is 0 Å². The molecule has 0 aliphatic heterocycles. The van der Waals surface area contributed by atoms with Gasteiger partial charge in [-0.3, -0.25) is 4.79 Å². The summed E-state index contributed by atoms with van der Waals surface area (Å²) in [5.74, 6) is -0.0217. The van der Waals surface area contributed by atoms with E-state index in [1.807, 2.05) is 0 Å². The summed E-state index contributed by atoms with van der Waals surface area (Å²) in [6.07, 6.45) is 4.49. The Morgan fingerprint density at radius 2 is 1.86 bits per heavy atom. The molecular weight excluding hydrogens is 180 g/mol. The van der Waals surface area contributed by atoms with E-state index in [2.05, 4.69) is 10.6 Å². The molecule has 0 aromatic carbocycles. The molecule has 4 heteroatoms. The second kappa shape index (κ2) is 4.98. The highest BCUT2D eigenvalue weighted by atomic mass is 16.2. The standard InChI is InChI=1S/C10H18N2O2/c1-7(8(2)13)11-10(14)12-9-5-3-4-6-9/h7,9H,3-6H2,1-2H3,(H2,11,12,14). The van der Waals surface area contributed by atoms with Gasteiger partial charge in [0.2, 0.25) is 0 Å². The summed E-state index contributed by atoms with van der Waals surface area (Å²) >= 11 is 0. The lowest BCUT2D eigenvalue weighted by atomic mass is 10.2. The molecular formula is C10H18N2O2. The van der Waals surface area contributed by atoms with E-state index in [4.69, 9.17) is 0 Å². The van der Waals surface area contributed by atoms with Crippen LogP contribution in [-0.4, -0.2) is 23.9 Å². The maximum absolute atomic E-state index is 11.3. The van der Waals surface area contributed by atoms with Crippen molar-refractivity contribution < 1.29 is 9.59 Å². The Kier molecular flexibility index (Phi) is 3.92. The van der Waals surface area contributed by atoms with E-state index in [9.17, 15) is 9.59 Å². The number of urea groups is 1. The van der Waals surface area contributed by atoms with Crippen molar-refractivity contribution in [3.05, 3.63) is 0 Å². The van der Waals surface area contributed by atoms with Crippen LogP contribution in [0, 0.1) is 0 Å². The van der Waals surface area contributed by atoms with E-state index >= 15 is 0 Å². The zero-order valence-electron chi connectivity index (χ0n) is 8.80. The molecule has 1 aliphatic carbocycles. The van der Waals surface area contributed by atoms with Gasteiger partial charge in [-0.25, -0.2) is 4.79 Å². The third kappa shape index (κ3) is 3.36. The van der Waals surface area contributed by atoms with Crippen LogP contribution < -0.4 is 10.6 Å². The highest BCUT2D eigenvalue weighted by Gasteiger charge is 2.18. The number of carbonyl (C=O) groups is 2. The number of ketones is 1. The fraction of sp³-hybridized carbons (Fsp3) is 0.800. The first kappa shape index (κ1) is 11.0. The van der Waals surface area contributed by atoms with E-state index in [0.29, 0.717) is 6.04 Å². The molecule has 0 aromatic heterocycles. The summed E-state index contributed by atoms with van der Waals surface area (Å²) in [5, 5.41) is 5.47. The second-order valence-electron chi connectivity index (χ2n) is 3.93. The summed E-state index contributed by atoms with van der Waals surface area (Å²) < 4.78 is 0. The van der Waals surface area contributed by atoms with Gasteiger partial charge in [-0.2, -0.15) is 0 Å². The third-order valence-electron chi connectivity index (χ3n) is 2.65. The smallest absolute Gasteiger partial charge is 0.315 e. The van der Waals surface area contributed by atoms with Crippen LogP contribution in [0.15, 0.2) is 0 Å². The van der Waals surface area contributed by atoms with E-state index in [1.165, 1.54) is 19.8 Å². The molecule has 4 nitrogen and oxygen atoms in total. The van der Waals surface area contributed by atoms with Crippen molar-refractivity contribution in [2.75, 3.05) is 0 Å². The summed E-state index contributed by atoms with van der Waals surface area (Å²) in [5.41, 5.74) is 0. The van der Waals surface area contributed by atoms with Gasteiger partial charge in [0.25, 0.3) is 0 Å². The minimum Gasteiger partial charge on any atom is -0.335 e. The molecule has 0 heterocycles. The Morgan fingerprint density at radius 1 is 1.29 bits per heavy atom. The van der Waals surface area contributed by atoms with Gasteiger partial charge in [0.05, 0.1) is 6.04 Å². The SMILES string of the molecule is CC(=O)C(C)NC(=O)NC1CCCC1. The van der Waals surface area contributed by atoms with Crippen molar-refractivity contribution >= 4 is 11.8 Å². The first-order valence-corrected chi connectivity index (χ1v) is 5.17. The number of hydrogen-bond donors (Lipinski definition) is 2. The van der Waals surface area contributed by atoms with E-state index < -0.39 is 6.04 Å². The average molecular weight is 198 g/mol. The van der Waals surface area contributed by atoms with Crippen molar-refractivity contribution in [1.82, 2.24) is 10.6 Å². The molecule has 0 spiro atoms. The van der Waals surface area contributed by atoms with Gasteiger partial charge in [-0.1, -0.05) is 12.8 Å². The van der Waals surface area contributed by atoms with Crippen LogP contribution in [0.5, 0.6) is 0 Å². The molecule has 0 aromatic rings. The Morgan fingerprint density at radius 3 is 2.36 bits per heavy atom. The quantitative estimate of drug-likeness (QED) is 0.716. The summed E-state index contributed by atoms with van der Waals surface area (Å²) in [6.45, 7) is 3.16. The van der Waals surface area contributed by atoms with Crippen LogP contribution in [0.3, 0.4) is 0 Å². The minimum absolute atomic E-state index is 0.0217. The molecule has 2 amide bonds. The topological polar surface area (TPSA) is 58.2 Å². The molecule has 1 unspecified atom stereocenters. The van der Waals surface area contributed by atoms with Crippen molar-refractivity contribution in [2.45, 2.75) is 51.6 Å². The minimum atomic E-state index is -0.392. The molecule has 80 valence electrons. The molecule has 2 N–H and O–H groups in total. The van der Waals surface area contributed by atoms with Gasteiger partial charge in [0.15, 0.2) is 5.78 Å². The first-order valence-electron chi connectivity index (χ1n) is 5.17. The lowest BCUT2D eigenvalue weighted by molar-refractivity contribution is -0.118. The Hall–Kier alpha value is -1.06. The zero-order chi connectivity index (χ0) is 10.6. The predicted molar refractivity (Wildman–Crippen MR) is 54.1 cm³/mol. The Balaban J connectivity index is 2.24. The predicted octanol–water partition coefficient (Wildman–Crippen LogP) is 1.21. The molecule has 0 saturated heterocycles. The van der Waals surface area contributed by atoms with Crippen molar-refractivity contribution in [3.63, 3.8) is 0 Å².